The summed E-state index contributed by atoms with van der Waals surface area (Å²) in [6.07, 6.45) is 0.785. The molecule has 1 fully saturated rings. The quantitative estimate of drug-likeness (QED) is 0.449. The van der Waals surface area contributed by atoms with Gasteiger partial charge < -0.3 is 4.90 Å². The van der Waals surface area contributed by atoms with Gasteiger partial charge in [0, 0.05) is 0 Å². The number of rotatable bonds is 0. The Bertz CT molecular complexity index is 122. The van der Waals surface area contributed by atoms with Crippen LogP contribution in [0.3, 0.4) is 0 Å². The van der Waals surface area contributed by atoms with E-state index in [0.29, 0.717) is 11.7 Å². The highest BCUT2D eigenvalue weighted by molar-refractivity contribution is 5.81. The van der Waals surface area contributed by atoms with Gasteiger partial charge in [0.05, 0.1) is 32.5 Å². The lowest BCUT2D eigenvalue weighted by atomic mass is 9.99. The average Bonchev–Trinajstić information content (AvgIpc) is 1.80. The molecule has 0 aromatic heterocycles. The molecule has 1 heterocycles. The summed E-state index contributed by atoms with van der Waals surface area (Å²) in [5, 5.41) is 0. The van der Waals surface area contributed by atoms with Crippen LogP contribution in [0, 0.1) is 5.92 Å². The van der Waals surface area contributed by atoms with Crippen molar-refractivity contribution in [2.45, 2.75) is 13.3 Å². The zero-order valence-corrected chi connectivity index (χ0v) is 6.11. The van der Waals surface area contributed by atoms with Crippen molar-refractivity contribution in [1.82, 2.24) is 0 Å². The number of Topliss-reactive ketones (excluding diaryl/α,β-unsaturated/α-hetero) is 1. The van der Waals surface area contributed by atoms with Crippen molar-refractivity contribution in [3.05, 3.63) is 0 Å². The Balaban J connectivity index is 2.44. The molecule has 1 saturated heterocycles. The Morgan fingerprint density at radius 3 is 2.78 bits per heavy atom. The highest BCUT2D eigenvalue weighted by atomic mass is 16.1. The summed E-state index contributed by atoms with van der Waals surface area (Å²) in [5.74, 6) is 0.749. The molecule has 1 aliphatic rings. The molecule has 52 valence electrons. The first-order valence-corrected chi connectivity index (χ1v) is 3.54. The third kappa shape index (κ3) is 1.52. The SMILES string of the molecule is CC1C[NH+](C)CCC1=O. The molecule has 0 spiro atoms. The summed E-state index contributed by atoms with van der Waals surface area (Å²) >= 11 is 0. The number of quaternary nitrogens is 1. The predicted octanol–water partition coefficient (Wildman–Crippen LogP) is -0.890. The first-order chi connectivity index (χ1) is 4.20. The molecule has 1 aliphatic heterocycles. The van der Waals surface area contributed by atoms with Gasteiger partial charge in [-0.25, -0.2) is 0 Å². The minimum Gasteiger partial charge on any atom is -0.336 e. The van der Waals surface area contributed by atoms with Crippen molar-refractivity contribution in [2.24, 2.45) is 5.92 Å². The molecular formula is C7H14NO+. The van der Waals surface area contributed by atoms with E-state index in [0.717, 1.165) is 19.5 Å². The van der Waals surface area contributed by atoms with Crippen LogP contribution in [0.1, 0.15) is 13.3 Å². The van der Waals surface area contributed by atoms with Gasteiger partial charge in [0.2, 0.25) is 0 Å². The van der Waals surface area contributed by atoms with E-state index in [4.69, 9.17) is 0 Å². The van der Waals surface area contributed by atoms with Gasteiger partial charge in [-0.05, 0) is 0 Å². The molecular weight excluding hydrogens is 114 g/mol. The largest absolute Gasteiger partial charge is 0.336 e. The highest BCUT2D eigenvalue weighted by Crippen LogP contribution is 1.99. The fourth-order valence-corrected chi connectivity index (χ4v) is 1.32. The molecule has 2 atom stereocenters. The number of carbonyl (C=O) groups excluding carboxylic acids is 1. The van der Waals surface area contributed by atoms with Crippen LogP contribution in [0.5, 0.6) is 0 Å². The summed E-state index contributed by atoms with van der Waals surface area (Å²) in [6, 6.07) is 0. The van der Waals surface area contributed by atoms with E-state index in [9.17, 15) is 4.79 Å². The van der Waals surface area contributed by atoms with E-state index < -0.39 is 0 Å². The van der Waals surface area contributed by atoms with Crippen LogP contribution in [0.4, 0.5) is 0 Å². The van der Waals surface area contributed by atoms with E-state index in [1.807, 2.05) is 6.92 Å². The zero-order valence-electron chi connectivity index (χ0n) is 6.11. The second-order valence-electron chi connectivity index (χ2n) is 3.03. The maximum atomic E-state index is 10.9. The van der Waals surface area contributed by atoms with Gasteiger partial charge in [-0.2, -0.15) is 0 Å². The maximum Gasteiger partial charge on any atom is 0.146 e. The van der Waals surface area contributed by atoms with Crippen molar-refractivity contribution < 1.29 is 9.69 Å². The number of piperidine rings is 1. The van der Waals surface area contributed by atoms with Crippen LogP contribution in [0.15, 0.2) is 0 Å². The summed E-state index contributed by atoms with van der Waals surface area (Å²) in [4.78, 5) is 12.4. The smallest absolute Gasteiger partial charge is 0.146 e. The lowest BCUT2D eigenvalue weighted by molar-refractivity contribution is -0.884. The Morgan fingerprint density at radius 2 is 2.33 bits per heavy atom. The third-order valence-corrected chi connectivity index (χ3v) is 2.00. The minimum atomic E-state index is 0.304. The summed E-state index contributed by atoms with van der Waals surface area (Å²) in [6.45, 7) is 4.08. The number of carbonyl (C=O) groups is 1. The van der Waals surface area contributed by atoms with Crippen LogP contribution >= 0.6 is 0 Å². The number of hydrogen-bond acceptors (Lipinski definition) is 1. The van der Waals surface area contributed by atoms with Gasteiger partial charge in [0.15, 0.2) is 0 Å². The van der Waals surface area contributed by atoms with Gasteiger partial charge in [0.1, 0.15) is 5.78 Å². The first-order valence-electron chi connectivity index (χ1n) is 3.54. The molecule has 0 bridgehead atoms. The van der Waals surface area contributed by atoms with Gasteiger partial charge in [-0.15, -0.1) is 0 Å². The predicted molar refractivity (Wildman–Crippen MR) is 35.4 cm³/mol. The second-order valence-corrected chi connectivity index (χ2v) is 3.03. The van der Waals surface area contributed by atoms with E-state index in [1.165, 1.54) is 4.90 Å². The van der Waals surface area contributed by atoms with Crippen molar-refractivity contribution in [3.8, 4) is 0 Å². The summed E-state index contributed by atoms with van der Waals surface area (Å²) in [7, 11) is 2.14. The Labute approximate surface area is 55.8 Å². The van der Waals surface area contributed by atoms with Crippen LogP contribution in [-0.2, 0) is 4.79 Å². The normalized spacial score (nSPS) is 36.9. The number of ketones is 1. The molecule has 0 saturated carbocycles. The molecule has 2 heteroatoms. The standard InChI is InChI=1S/C7H13NO/c1-6-5-8(2)4-3-7(6)9/h6H,3-5H2,1-2H3/p+1. The molecule has 0 aromatic carbocycles. The monoisotopic (exact) mass is 128 g/mol. The van der Waals surface area contributed by atoms with Crippen LogP contribution in [0.25, 0.3) is 0 Å². The molecule has 9 heavy (non-hydrogen) atoms. The zero-order chi connectivity index (χ0) is 6.85. The molecule has 0 aliphatic carbocycles. The van der Waals surface area contributed by atoms with Crippen LogP contribution in [-0.4, -0.2) is 25.9 Å². The lowest BCUT2D eigenvalue weighted by Gasteiger charge is -2.22. The second kappa shape index (κ2) is 2.48. The highest BCUT2D eigenvalue weighted by Gasteiger charge is 2.23. The Morgan fingerprint density at radius 1 is 1.67 bits per heavy atom. The van der Waals surface area contributed by atoms with Crippen molar-refractivity contribution >= 4 is 5.78 Å². The van der Waals surface area contributed by atoms with Crippen molar-refractivity contribution in [2.75, 3.05) is 20.1 Å². The van der Waals surface area contributed by atoms with Gasteiger partial charge in [0.25, 0.3) is 0 Å². The fourth-order valence-electron chi connectivity index (χ4n) is 1.32. The van der Waals surface area contributed by atoms with Crippen LogP contribution in [0.2, 0.25) is 0 Å². The first kappa shape index (κ1) is 6.75. The fraction of sp³-hybridized carbons (Fsp3) is 0.857. The molecule has 0 radical (unpaired) electrons. The number of nitrogens with one attached hydrogen (secondary N) is 1. The minimum absolute atomic E-state index is 0.304. The third-order valence-electron chi connectivity index (χ3n) is 2.00. The van der Waals surface area contributed by atoms with E-state index in [1.54, 1.807) is 0 Å². The topological polar surface area (TPSA) is 21.5 Å². The van der Waals surface area contributed by atoms with Crippen molar-refractivity contribution in [3.63, 3.8) is 0 Å². The average molecular weight is 128 g/mol. The van der Waals surface area contributed by atoms with Crippen LogP contribution < -0.4 is 4.90 Å². The number of likely N-dealkylation sites (tertiary alicyclic amines) is 1. The van der Waals surface area contributed by atoms with E-state index in [-0.39, 0.29) is 0 Å². The molecule has 0 aromatic rings. The molecule has 0 amide bonds. The summed E-state index contributed by atoms with van der Waals surface area (Å²) < 4.78 is 0. The van der Waals surface area contributed by atoms with E-state index in [2.05, 4.69) is 7.05 Å². The Kier molecular flexibility index (Phi) is 1.86. The molecule has 1 rings (SSSR count). The summed E-state index contributed by atoms with van der Waals surface area (Å²) in [5.41, 5.74) is 0. The maximum absolute atomic E-state index is 10.9. The Hall–Kier alpha value is -0.370. The molecule has 2 unspecified atom stereocenters. The van der Waals surface area contributed by atoms with Gasteiger partial charge in [-0.1, -0.05) is 6.92 Å². The van der Waals surface area contributed by atoms with Gasteiger partial charge in [-0.3, -0.25) is 4.79 Å². The number of hydrogen-bond donors (Lipinski definition) is 1. The van der Waals surface area contributed by atoms with Gasteiger partial charge >= 0.3 is 0 Å². The van der Waals surface area contributed by atoms with Crippen molar-refractivity contribution in [1.29, 1.82) is 0 Å². The lowest BCUT2D eigenvalue weighted by Crippen LogP contribution is -3.11. The molecule has 2 nitrogen and oxygen atoms in total. The molecule has 1 N–H and O–H groups in total. The van der Waals surface area contributed by atoms with E-state index >= 15 is 0 Å².